The lowest BCUT2D eigenvalue weighted by molar-refractivity contribution is 0.415. The van der Waals surface area contributed by atoms with Crippen LogP contribution in [0.5, 0.6) is 5.75 Å². The van der Waals surface area contributed by atoms with E-state index in [4.69, 9.17) is 14.7 Å². The van der Waals surface area contributed by atoms with Gasteiger partial charge in [0.1, 0.15) is 11.6 Å². The molecule has 0 saturated heterocycles. The van der Waals surface area contributed by atoms with Crippen molar-refractivity contribution in [2.45, 2.75) is 26.3 Å². The summed E-state index contributed by atoms with van der Waals surface area (Å²) in [5.41, 5.74) is 2.60. The average Bonchev–Trinajstić information content (AvgIpc) is 3.19. The van der Waals surface area contributed by atoms with E-state index in [-0.39, 0.29) is 6.04 Å². The van der Waals surface area contributed by atoms with Gasteiger partial charge in [0.25, 0.3) is 0 Å². The van der Waals surface area contributed by atoms with Crippen LogP contribution in [0.4, 0.5) is 17.5 Å². The van der Waals surface area contributed by atoms with Crippen LogP contribution < -0.4 is 15.4 Å². The summed E-state index contributed by atoms with van der Waals surface area (Å²) in [5, 5.41) is 12.2. The Morgan fingerprint density at radius 2 is 1.79 bits per heavy atom. The predicted molar refractivity (Wildman–Crippen MR) is 116 cm³/mol. The first kappa shape index (κ1) is 18.7. The number of methoxy groups -OCH3 is 1. The maximum Gasteiger partial charge on any atom is 0.226 e. The quantitative estimate of drug-likeness (QED) is 0.475. The second kappa shape index (κ2) is 8.18. The number of benzene rings is 2. The molecular weight excluding hydrogens is 364 g/mol. The van der Waals surface area contributed by atoms with Gasteiger partial charge in [-0.2, -0.15) is 15.1 Å². The van der Waals surface area contributed by atoms with Crippen molar-refractivity contribution in [3.05, 3.63) is 60.8 Å². The maximum atomic E-state index is 5.24. The third-order valence-electron chi connectivity index (χ3n) is 4.77. The fourth-order valence-electron chi connectivity index (χ4n) is 2.96. The number of nitrogens with zero attached hydrogens (tertiary/aromatic N) is 4. The van der Waals surface area contributed by atoms with Crippen molar-refractivity contribution in [3.63, 3.8) is 0 Å². The number of aromatic nitrogens is 4. The molecule has 4 aromatic rings. The molecule has 0 aliphatic carbocycles. The Morgan fingerprint density at radius 1 is 1.03 bits per heavy atom. The highest BCUT2D eigenvalue weighted by Gasteiger charge is 2.15. The fourth-order valence-corrected chi connectivity index (χ4v) is 2.96. The smallest absolute Gasteiger partial charge is 0.226 e. The van der Waals surface area contributed by atoms with Crippen molar-refractivity contribution in [1.82, 2.24) is 19.7 Å². The zero-order valence-corrected chi connectivity index (χ0v) is 16.8. The van der Waals surface area contributed by atoms with Gasteiger partial charge in [-0.25, -0.2) is 4.68 Å². The summed E-state index contributed by atoms with van der Waals surface area (Å²) >= 11 is 0. The fraction of sp³-hybridized carbons (Fsp3) is 0.227. The molecule has 2 N–H and O–H groups in total. The van der Waals surface area contributed by atoms with Crippen molar-refractivity contribution >= 4 is 28.5 Å². The number of para-hydroxylation sites is 1. The summed E-state index contributed by atoms with van der Waals surface area (Å²) in [6.07, 6.45) is 2.77. The molecule has 0 bridgehead atoms. The van der Waals surface area contributed by atoms with Gasteiger partial charge < -0.3 is 15.4 Å². The Balaban J connectivity index is 1.79. The molecule has 7 nitrogen and oxygen atoms in total. The molecule has 2 aromatic carbocycles. The van der Waals surface area contributed by atoms with Crippen molar-refractivity contribution in [3.8, 4) is 11.4 Å². The number of ether oxygens (including phenoxy) is 1. The van der Waals surface area contributed by atoms with Crippen LogP contribution in [-0.2, 0) is 0 Å². The van der Waals surface area contributed by atoms with Crippen molar-refractivity contribution in [2.75, 3.05) is 17.7 Å². The molecule has 0 radical (unpaired) electrons. The first-order chi connectivity index (χ1) is 14.2. The maximum absolute atomic E-state index is 5.24. The van der Waals surface area contributed by atoms with Crippen LogP contribution in [0.1, 0.15) is 20.3 Å². The molecule has 0 amide bonds. The molecule has 0 saturated carbocycles. The lowest BCUT2D eigenvalue weighted by atomic mass is 10.2. The minimum Gasteiger partial charge on any atom is -0.497 e. The van der Waals surface area contributed by atoms with Crippen molar-refractivity contribution in [1.29, 1.82) is 0 Å². The zero-order valence-electron chi connectivity index (χ0n) is 16.8. The summed E-state index contributed by atoms with van der Waals surface area (Å²) in [6, 6.07) is 18.0. The highest BCUT2D eigenvalue weighted by Crippen LogP contribution is 2.28. The largest absolute Gasteiger partial charge is 0.497 e. The molecule has 0 aliphatic rings. The van der Waals surface area contributed by atoms with E-state index in [1.807, 2.05) is 59.3 Å². The summed E-state index contributed by atoms with van der Waals surface area (Å²) < 4.78 is 7.07. The second-order valence-electron chi connectivity index (χ2n) is 6.83. The SMILES string of the molecule is CC[C@H](C)Nc1nc(Nc2ccc(OC)cc2)c2cnn(-c3ccccc3)c2n1. The Kier molecular flexibility index (Phi) is 5.29. The number of nitrogens with one attached hydrogen (secondary N) is 2. The third kappa shape index (κ3) is 3.99. The van der Waals surface area contributed by atoms with Crippen LogP contribution in [0, 0.1) is 0 Å². The molecule has 0 unspecified atom stereocenters. The topological polar surface area (TPSA) is 76.9 Å². The minimum absolute atomic E-state index is 0.259. The lowest BCUT2D eigenvalue weighted by Gasteiger charge is -2.14. The monoisotopic (exact) mass is 388 g/mol. The van der Waals surface area contributed by atoms with Crippen LogP contribution in [-0.4, -0.2) is 32.9 Å². The average molecular weight is 388 g/mol. The van der Waals surface area contributed by atoms with Crippen LogP contribution in [0.15, 0.2) is 60.8 Å². The zero-order chi connectivity index (χ0) is 20.2. The van der Waals surface area contributed by atoms with Gasteiger partial charge in [-0.15, -0.1) is 0 Å². The van der Waals surface area contributed by atoms with E-state index >= 15 is 0 Å². The summed E-state index contributed by atoms with van der Waals surface area (Å²) in [6.45, 7) is 4.24. The van der Waals surface area contributed by atoms with E-state index in [2.05, 4.69) is 29.6 Å². The first-order valence-corrected chi connectivity index (χ1v) is 9.66. The van der Waals surface area contributed by atoms with Gasteiger partial charge in [0.15, 0.2) is 5.65 Å². The van der Waals surface area contributed by atoms with E-state index in [0.29, 0.717) is 11.8 Å². The number of anilines is 3. The van der Waals surface area contributed by atoms with Gasteiger partial charge in [-0.1, -0.05) is 25.1 Å². The predicted octanol–water partition coefficient (Wildman–Crippen LogP) is 4.78. The van der Waals surface area contributed by atoms with Crippen LogP contribution in [0.2, 0.25) is 0 Å². The molecule has 1 atom stereocenters. The highest BCUT2D eigenvalue weighted by atomic mass is 16.5. The Bertz CT molecular complexity index is 1090. The first-order valence-electron chi connectivity index (χ1n) is 9.66. The van der Waals surface area contributed by atoms with Gasteiger partial charge in [0.2, 0.25) is 5.95 Å². The van der Waals surface area contributed by atoms with Gasteiger partial charge >= 0.3 is 0 Å². The molecule has 29 heavy (non-hydrogen) atoms. The second-order valence-corrected chi connectivity index (χ2v) is 6.83. The molecule has 0 fully saturated rings. The van der Waals surface area contributed by atoms with E-state index in [0.717, 1.165) is 34.6 Å². The Labute approximate surface area is 169 Å². The van der Waals surface area contributed by atoms with Crippen LogP contribution in [0.25, 0.3) is 16.7 Å². The van der Waals surface area contributed by atoms with Crippen molar-refractivity contribution < 1.29 is 4.74 Å². The lowest BCUT2D eigenvalue weighted by Crippen LogP contribution is -2.16. The van der Waals surface area contributed by atoms with Gasteiger partial charge in [-0.05, 0) is 49.7 Å². The molecule has 148 valence electrons. The van der Waals surface area contributed by atoms with Crippen LogP contribution in [0.3, 0.4) is 0 Å². The van der Waals surface area contributed by atoms with Gasteiger partial charge in [0, 0.05) is 11.7 Å². The van der Waals surface area contributed by atoms with E-state index in [1.54, 1.807) is 13.3 Å². The molecule has 0 spiro atoms. The Morgan fingerprint density at radius 3 is 2.48 bits per heavy atom. The molecule has 2 aromatic heterocycles. The third-order valence-corrected chi connectivity index (χ3v) is 4.77. The molecule has 2 heterocycles. The summed E-state index contributed by atoms with van der Waals surface area (Å²) in [5.74, 6) is 2.08. The molecule has 4 rings (SSSR count). The number of rotatable bonds is 7. The van der Waals surface area contributed by atoms with Crippen LogP contribution >= 0.6 is 0 Å². The number of fused-ring (bicyclic) bond motifs is 1. The molecule has 7 heteroatoms. The number of hydrogen-bond donors (Lipinski definition) is 2. The molecular formula is C22H24N6O. The van der Waals surface area contributed by atoms with Gasteiger partial charge in [-0.3, -0.25) is 0 Å². The standard InChI is InChI=1S/C22H24N6O/c1-4-15(2)24-22-26-20(25-16-10-12-18(29-3)13-11-16)19-14-23-28(21(19)27-22)17-8-6-5-7-9-17/h5-15H,4H2,1-3H3,(H2,24,25,26,27)/t15-/m0/s1. The highest BCUT2D eigenvalue weighted by molar-refractivity contribution is 5.90. The van der Waals surface area contributed by atoms with E-state index in [1.165, 1.54) is 0 Å². The van der Waals surface area contributed by atoms with E-state index < -0.39 is 0 Å². The minimum atomic E-state index is 0.259. The normalized spacial score (nSPS) is 12.0. The number of hydrogen-bond acceptors (Lipinski definition) is 6. The van der Waals surface area contributed by atoms with Gasteiger partial charge in [0.05, 0.1) is 24.4 Å². The Hall–Kier alpha value is -3.61. The summed E-state index contributed by atoms with van der Waals surface area (Å²) in [4.78, 5) is 9.46. The summed E-state index contributed by atoms with van der Waals surface area (Å²) in [7, 11) is 1.65. The van der Waals surface area contributed by atoms with E-state index in [9.17, 15) is 0 Å². The molecule has 0 aliphatic heterocycles. The van der Waals surface area contributed by atoms with Crippen molar-refractivity contribution in [2.24, 2.45) is 0 Å².